The molecule has 0 bridgehead atoms. The number of benzene rings is 6. The smallest absolute Gasteiger partial charge is 0.203 e. The molecule has 0 fully saturated rings. The van der Waals surface area contributed by atoms with E-state index in [0.717, 1.165) is 17.6 Å². The highest BCUT2D eigenvalue weighted by molar-refractivity contribution is 7.20. The van der Waals surface area contributed by atoms with Crippen molar-refractivity contribution in [2.75, 3.05) is 0 Å². The van der Waals surface area contributed by atoms with E-state index in [9.17, 15) is 52.7 Å². The Hall–Kier alpha value is -7.12. The Balaban J connectivity index is 0.000000289. The van der Waals surface area contributed by atoms with Crippen LogP contribution in [-0.2, 0) is 13.0 Å². The summed E-state index contributed by atoms with van der Waals surface area (Å²) in [5, 5.41) is 11.4. The quantitative estimate of drug-likeness (QED) is 0.0516. The van der Waals surface area contributed by atoms with Crippen LogP contribution < -0.4 is 26.4 Å². The summed E-state index contributed by atoms with van der Waals surface area (Å²) >= 11 is 0. The first-order chi connectivity index (χ1) is 30.6. The Labute approximate surface area is 349 Å². The number of rotatable bonds is 7. The van der Waals surface area contributed by atoms with E-state index < -0.39 is 144 Å². The third-order valence-corrected chi connectivity index (χ3v) is 10.2. The van der Waals surface area contributed by atoms with E-state index in [0.29, 0.717) is 6.42 Å². The second-order valence-electron chi connectivity index (χ2n) is 13.6. The lowest BCUT2D eigenvalue weighted by atomic mass is 9.12. The molecule has 0 aliphatic carbocycles. The topological polar surface area (TPSA) is 27.7 Å². The van der Waals surface area contributed by atoms with Crippen LogP contribution in [-0.4, -0.2) is 6.15 Å². The summed E-state index contributed by atoms with van der Waals surface area (Å²) in [5.74, 6) is -71.4. The van der Waals surface area contributed by atoms with Crippen LogP contribution >= 0.6 is 0 Å². The van der Waals surface area contributed by atoms with E-state index >= 15 is 35.1 Å². The second kappa shape index (κ2) is 17.8. The van der Waals surface area contributed by atoms with Crippen LogP contribution in [0.25, 0.3) is 10.8 Å². The number of hydrogen-bond acceptors (Lipinski definition) is 1. The average molecular weight is 938 g/mol. The lowest BCUT2D eigenvalue weighted by Crippen LogP contribution is -2.81. The van der Waals surface area contributed by atoms with Gasteiger partial charge in [-0.05, 0) is 11.5 Å². The summed E-state index contributed by atoms with van der Waals surface area (Å²) in [6.07, 6.45) is -4.72. The first-order valence-electron chi connectivity index (χ1n) is 17.6. The highest BCUT2D eigenvalue weighted by Crippen LogP contribution is 2.31. The van der Waals surface area contributed by atoms with Gasteiger partial charge in [0.25, 0.3) is 0 Å². The number of nitrogens with zero attached hydrogens (tertiary/aromatic N) is 2. The molecule has 2 nitrogen and oxygen atoms in total. The van der Waals surface area contributed by atoms with E-state index in [1.807, 2.05) is 30.3 Å². The molecule has 65 heavy (non-hydrogen) atoms. The normalized spacial score (nSPS) is 11.5. The summed E-state index contributed by atoms with van der Waals surface area (Å²) in [4.78, 5) is 0. The van der Waals surface area contributed by atoms with Crippen molar-refractivity contribution < 1.29 is 92.4 Å². The van der Waals surface area contributed by atoms with Crippen LogP contribution in [0.5, 0.6) is 0 Å². The molecule has 7 rings (SSSR count). The lowest BCUT2D eigenvalue weighted by Gasteiger charge is -2.44. The van der Waals surface area contributed by atoms with Gasteiger partial charge in [-0.2, -0.15) is 9.83 Å². The third kappa shape index (κ3) is 7.43. The first kappa shape index (κ1) is 47.4. The van der Waals surface area contributed by atoms with Crippen LogP contribution in [0.4, 0.5) is 87.8 Å². The monoisotopic (exact) mass is 938 g/mol. The highest BCUT2D eigenvalue weighted by Gasteiger charge is 2.52. The molecule has 1 heterocycles. The van der Waals surface area contributed by atoms with Crippen LogP contribution in [0.3, 0.4) is 0 Å². The fraction of sp³-hybridized carbons (Fsp3) is 0.0476. The Morgan fingerprint density at radius 2 is 0.662 bits per heavy atom. The zero-order valence-electron chi connectivity index (χ0n) is 31.3. The number of aromatic nitrogens is 1. The lowest BCUT2D eigenvalue weighted by molar-refractivity contribution is -0.693. The van der Waals surface area contributed by atoms with Gasteiger partial charge in [0.05, 0.1) is 11.5 Å². The van der Waals surface area contributed by atoms with Gasteiger partial charge in [-0.3, -0.25) is 0 Å². The molecule has 0 spiro atoms. The Morgan fingerprint density at radius 3 is 0.985 bits per heavy atom. The Bertz CT molecular complexity index is 2740. The minimum atomic E-state index is -7.22. The van der Waals surface area contributed by atoms with Crippen molar-refractivity contribution in [1.82, 2.24) is 0 Å². The second-order valence-corrected chi connectivity index (χ2v) is 13.6. The zero-order chi connectivity index (χ0) is 48.1. The minimum Gasteiger partial charge on any atom is -0.207 e. The number of hydrogen-bond donors (Lipinski definition) is 0. The Morgan fingerprint density at radius 1 is 0.369 bits per heavy atom. The van der Waals surface area contributed by atoms with Gasteiger partial charge in [-0.15, -0.1) is 21.9 Å². The molecule has 0 amide bonds. The van der Waals surface area contributed by atoms with Crippen LogP contribution in [0.2, 0.25) is 0 Å². The number of halogens is 20. The summed E-state index contributed by atoms with van der Waals surface area (Å²) in [6, 6.07) is 22.9. The number of nitriles is 1. The van der Waals surface area contributed by atoms with E-state index in [1.54, 1.807) is 0 Å². The molecule has 0 radical (unpaired) electrons. The van der Waals surface area contributed by atoms with Gasteiger partial charge in [0.2, 0.25) is 5.69 Å². The van der Waals surface area contributed by atoms with Gasteiger partial charge in [0.15, 0.2) is 82.5 Å². The predicted octanol–water partition coefficient (Wildman–Crippen LogP) is 9.09. The molecular formula is C42H15BF20N2. The molecular weight excluding hydrogens is 923 g/mol. The summed E-state index contributed by atoms with van der Waals surface area (Å²) in [7, 11) is 0. The molecule has 23 heteroatoms. The van der Waals surface area contributed by atoms with Crippen molar-refractivity contribution in [2.24, 2.45) is 0 Å². The first-order valence-corrected chi connectivity index (χ1v) is 17.6. The third-order valence-electron chi connectivity index (χ3n) is 10.2. The molecule has 1 aromatic heterocycles. The van der Waals surface area contributed by atoms with E-state index in [4.69, 9.17) is 5.26 Å². The average Bonchev–Trinajstić information content (AvgIpc) is 3.30. The van der Waals surface area contributed by atoms with Gasteiger partial charge >= 0.3 is 0 Å². The van der Waals surface area contributed by atoms with Gasteiger partial charge in [0.1, 0.15) is 59.1 Å². The van der Waals surface area contributed by atoms with Crippen LogP contribution in [0.15, 0.2) is 66.9 Å². The summed E-state index contributed by atoms with van der Waals surface area (Å²) in [6.45, 7) is 0.794. The van der Waals surface area contributed by atoms with Gasteiger partial charge in [-0.1, -0.05) is 48.5 Å². The summed E-state index contributed by atoms with van der Waals surface area (Å²) in [5.41, 5.74) is -12.0. The molecule has 0 N–H and O–H groups in total. The van der Waals surface area contributed by atoms with Crippen molar-refractivity contribution in [3.8, 4) is 6.07 Å². The summed E-state index contributed by atoms with van der Waals surface area (Å²) < 4.78 is 296. The van der Waals surface area contributed by atoms with Crippen molar-refractivity contribution in [3.63, 3.8) is 0 Å². The number of fused-ring (bicyclic) bond motifs is 1. The van der Waals surface area contributed by atoms with Crippen molar-refractivity contribution in [3.05, 3.63) is 194 Å². The van der Waals surface area contributed by atoms with Gasteiger partial charge < -0.3 is 0 Å². The molecule has 6 aromatic carbocycles. The fourth-order valence-electron chi connectivity index (χ4n) is 7.39. The predicted molar refractivity (Wildman–Crippen MR) is 188 cm³/mol. The van der Waals surface area contributed by atoms with Gasteiger partial charge in [-0.25, -0.2) is 87.8 Å². The molecule has 0 atom stereocenters. The largest absolute Gasteiger partial charge is 0.207 e. The van der Waals surface area contributed by atoms with Crippen molar-refractivity contribution >= 4 is 38.8 Å². The molecule has 0 aliphatic rings. The minimum absolute atomic E-state index is 0.425. The standard InChI is InChI=1S/C24BF20.C18H15N2/c26-5-1(6(27)14(35)21(42)13(5)34)25(2-7(28)15(36)22(43)16(37)8(2)29,3-9(30)17(38)23(44)18(39)10(3)31)4-11(32)19(40)24(45)20(41)12(4)33;19-12-10-18-17-9-5-4-8-16(17)11-13-20(18)14-15-6-2-1-3-7-15/h;1-9,11,13H,10,14H2/q-1;+1. The van der Waals surface area contributed by atoms with Crippen LogP contribution in [0.1, 0.15) is 11.3 Å². The molecule has 0 aliphatic heterocycles. The van der Waals surface area contributed by atoms with Crippen molar-refractivity contribution in [1.29, 1.82) is 5.26 Å². The zero-order valence-corrected chi connectivity index (χ0v) is 31.3. The highest BCUT2D eigenvalue weighted by atomic mass is 19.2. The maximum Gasteiger partial charge on any atom is 0.203 e. The molecule has 0 saturated heterocycles. The maximum absolute atomic E-state index is 15.4. The van der Waals surface area contributed by atoms with E-state index in [2.05, 4.69) is 47.2 Å². The molecule has 336 valence electrons. The van der Waals surface area contributed by atoms with E-state index in [-0.39, 0.29) is 0 Å². The molecule has 0 unspecified atom stereocenters. The fourth-order valence-corrected chi connectivity index (χ4v) is 7.39. The SMILES string of the molecule is Fc1c(F)c(F)c([B-](c2c(F)c(F)c(F)c(F)c2F)(c2c(F)c(F)c(F)c(F)c2F)c2c(F)c(F)c(F)c(F)c2F)c(F)c1F.N#CCc1c2ccccc2cc[n+]1Cc1ccccc1. The number of pyridine rings is 1. The van der Waals surface area contributed by atoms with Gasteiger partial charge in [0, 0.05) is 11.6 Å². The molecule has 7 aromatic rings. The van der Waals surface area contributed by atoms with Crippen LogP contribution in [0, 0.1) is 128 Å². The molecule has 0 saturated carbocycles. The van der Waals surface area contributed by atoms with Crippen molar-refractivity contribution in [2.45, 2.75) is 13.0 Å². The Kier molecular flexibility index (Phi) is 13.0. The maximum atomic E-state index is 15.4. The van der Waals surface area contributed by atoms with E-state index in [1.165, 1.54) is 10.9 Å².